The molecule has 0 spiro atoms. The van der Waals surface area contributed by atoms with Crippen LogP contribution in [-0.2, 0) is 15.7 Å². The van der Waals surface area contributed by atoms with Gasteiger partial charge in [-0.3, -0.25) is 4.90 Å². The summed E-state index contributed by atoms with van der Waals surface area (Å²) in [6, 6.07) is 7.40. The van der Waals surface area contributed by atoms with E-state index in [2.05, 4.69) is 15.2 Å². The molecule has 1 saturated heterocycles. The molecular formula is C22H30Cl2F3N5O3S. The second kappa shape index (κ2) is 13.8. The van der Waals surface area contributed by atoms with Crippen molar-refractivity contribution in [3.63, 3.8) is 0 Å². The molecule has 0 radical (unpaired) electrons. The number of thiazole rings is 1. The quantitative estimate of drug-likeness (QED) is 0.460. The molecule has 0 bridgehead atoms. The Balaban J connectivity index is 0.00000228. The smallest absolute Gasteiger partial charge is 0.394 e. The van der Waals surface area contributed by atoms with Crippen LogP contribution in [0.4, 0.5) is 29.5 Å². The van der Waals surface area contributed by atoms with E-state index in [4.69, 9.17) is 19.6 Å². The van der Waals surface area contributed by atoms with Gasteiger partial charge in [0.05, 0.1) is 31.2 Å². The molecular weight excluding hydrogens is 542 g/mol. The van der Waals surface area contributed by atoms with Crippen LogP contribution >= 0.6 is 36.2 Å². The highest BCUT2D eigenvalue weighted by atomic mass is 35.5. The topological polar surface area (TPSA) is 82.5 Å². The van der Waals surface area contributed by atoms with Gasteiger partial charge in [-0.2, -0.15) is 13.2 Å². The molecule has 14 heteroatoms. The minimum atomic E-state index is -4.53. The fourth-order valence-electron chi connectivity index (χ4n) is 4.12. The normalized spacial score (nSPS) is 17.6. The molecule has 2 aromatic rings. The first-order valence-electron chi connectivity index (χ1n) is 11.1. The molecule has 36 heavy (non-hydrogen) atoms. The highest BCUT2D eigenvalue weighted by Crippen LogP contribution is 2.42. The summed E-state index contributed by atoms with van der Waals surface area (Å²) in [4.78, 5) is 13.1. The van der Waals surface area contributed by atoms with Gasteiger partial charge in [-0.15, -0.1) is 24.8 Å². The van der Waals surface area contributed by atoms with Crippen molar-refractivity contribution < 1.29 is 27.8 Å². The minimum Gasteiger partial charge on any atom is -0.394 e. The van der Waals surface area contributed by atoms with E-state index in [1.807, 2.05) is 23.1 Å². The number of aliphatic hydroxyl groups excluding tert-OH is 1. The fraction of sp³-hybridized carbons (Fsp3) is 0.545. The van der Waals surface area contributed by atoms with Gasteiger partial charge in [0.25, 0.3) is 0 Å². The van der Waals surface area contributed by atoms with Crippen LogP contribution in [0, 0.1) is 0 Å². The Bertz CT molecular complexity index is 1010. The first-order chi connectivity index (χ1) is 16.4. The molecule has 2 N–H and O–H groups in total. The van der Waals surface area contributed by atoms with Gasteiger partial charge >= 0.3 is 6.18 Å². The van der Waals surface area contributed by atoms with Crippen molar-refractivity contribution >= 4 is 58.4 Å². The number of alkyl halides is 3. The van der Waals surface area contributed by atoms with Gasteiger partial charge < -0.3 is 24.8 Å². The molecule has 0 saturated carbocycles. The van der Waals surface area contributed by atoms with Crippen molar-refractivity contribution in [2.24, 2.45) is 4.99 Å². The van der Waals surface area contributed by atoms with Gasteiger partial charge in [0, 0.05) is 45.9 Å². The molecule has 1 unspecified atom stereocenters. The summed E-state index contributed by atoms with van der Waals surface area (Å²) in [6.45, 7) is 3.87. The summed E-state index contributed by atoms with van der Waals surface area (Å²) >= 11 is 0.596. The summed E-state index contributed by atoms with van der Waals surface area (Å²) in [5.74, 6) is 0.442. The van der Waals surface area contributed by atoms with E-state index >= 15 is 0 Å². The average Bonchev–Trinajstić information content (AvgIpc) is 3.18. The van der Waals surface area contributed by atoms with Crippen LogP contribution in [0.3, 0.4) is 0 Å². The zero-order valence-electron chi connectivity index (χ0n) is 19.7. The number of nitrogens with zero attached hydrogens (tertiary/aromatic N) is 4. The number of amidine groups is 1. The molecule has 202 valence electrons. The number of fused-ring (bicyclic) bond motifs is 2. The maximum absolute atomic E-state index is 13.5. The predicted molar refractivity (Wildman–Crippen MR) is 139 cm³/mol. The molecule has 8 nitrogen and oxygen atoms in total. The van der Waals surface area contributed by atoms with Gasteiger partial charge in [-0.25, -0.2) is 9.98 Å². The zero-order chi connectivity index (χ0) is 24.1. The second-order valence-corrected chi connectivity index (χ2v) is 9.02. The Labute approximate surface area is 224 Å². The molecule has 2 aliphatic rings. The maximum atomic E-state index is 13.5. The van der Waals surface area contributed by atoms with Crippen molar-refractivity contribution in [1.82, 2.24) is 14.8 Å². The van der Waals surface area contributed by atoms with Crippen molar-refractivity contribution in [3.05, 3.63) is 35.0 Å². The van der Waals surface area contributed by atoms with Gasteiger partial charge in [0.2, 0.25) is 5.01 Å². The lowest BCUT2D eigenvalue weighted by Gasteiger charge is -2.42. The highest BCUT2D eigenvalue weighted by Gasteiger charge is 2.39. The number of hydrogen-bond acceptors (Lipinski definition) is 9. The molecule has 1 fully saturated rings. The Kier molecular flexibility index (Phi) is 11.7. The van der Waals surface area contributed by atoms with E-state index in [9.17, 15) is 13.2 Å². The Morgan fingerprint density at radius 2 is 1.94 bits per heavy atom. The molecule has 2 aliphatic heterocycles. The first kappa shape index (κ1) is 30.6. The number of hydrogen-bond donors (Lipinski definition) is 2. The summed E-state index contributed by atoms with van der Waals surface area (Å²) in [5.41, 5.74) is 1.52. The van der Waals surface area contributed by atoms with E-state index in [0.717, 1.165) is 6.42 Å². The third kappa shape index (κ3) is 7.21. The van der Waals surface area contributed by atoms with Crippen LogP contribution in [0.1, 0.15) is 17.1 Å². The maximum Gasteiger partial charge on any atom is 0.443 e. The Morgan fingerprint density at radius 3 is 2.67 bits per heavy atom. The molecule has 3 heterocycles. The predicted octanol–water partition coefficient (Wildman–Crippen LogP) is 4.17. The third-order valence-electron chi connectivity index (χ3n) is 5.78. The number of anilines is 2. The lowest BCUT2D eigenvalue weighted by atomic mass is 10.1. The van der Waals surface area contributed by atoms with Gasteiger partial charge in [0.1, 0.15) is 10.7 Å². The van der Waals surface area contributed by atoms with Crippen LogP contribution in [0.15, 0.2) is 29.3 Å². The molecule has 1 aromatic carbocycles. The number of aliphatic imine (C=N–C) groups is 1. The molecule has 0 amide bonds. The fourth-order valence-corrected chi connectivity index (χ4v) is 4.96. The van der Waals surface area contributed by atoms with Crippen LogP contribution in [0.2, 0.25) is 0 Å². The van der Waals surface area contributed by atoms with E-state index in [-0.39, 0.29) is 43.2 Å². The minimum absolute atomic E-state index is 0. The number of piperazine rings is 1. The number of para-hydroxylation sites is 2. The summed E-state index contributed by atoms with van der Waals surface area (Å²) in [7, 11) is 1.65. The monoisotopic (exact) mass is 571 g/mol. The average molecular weight is 572 g/mol. The van der Waals surface area contributed by atoms with Gasteiger partial charge in [-0.1, -0.05) is 23.5 Å². The van der Waals surface area contributed by atoms with Crippen LogP contribution in [0.25, 0.3) is 0 Å². The molecule has 1 atom stereocenters. The number of halogens is 5. The van der Waals surface area contributed by atoms with E-state index in [1.165, 1.54) is 0 Å². The number of methoxy groups -OCH3 is 1. The van der Waals surface area contributed by atoms with E-state index in [1.54, 1.807) is 13.2 Å². The van der Waals surface area contributed by atoms with Crippen molar-refractivity contribution in [3.8, 4) is 0 Å². The lowest BCUT2D eigenvalue weighted by molar-refractivity contribution is -0.137. The van der Waals surface area contributed by atoms with Gasteiger partial charge in [0.15, 0.2) is 5.84 Å². The lowest BCUT2D eigenvalue weighted by Crippen LogP contribution is -2.56. The number of ether oxygens (including phenoxy) is 2. The highest BCUT2D eigenvalue weighted by molar-refractivity contribution is 7.16. The van der Waals surface area contributed by atoms with Crippen LogP contribution in [0.5, 0.6) is 0 Å². The molecule has 1 aromatic heterocycles. The number of benzene rings is 1. The van der Waals surface area contributed by atoms with E-state index in [0.29, 0.717) is 79.5 Å². The number of nitrogens with one attached hydrogen (secondary N) is 1. The third-order valence-corrected chi connectivity index (χ3v) is 6.79. The first-order valence-corrected chi connectivity index (χ1v) is 11.9. The zero-order valence-corrected chi connectivity index (χ0v) is 22.1. The van der Waals surface area contributed by atoms with Crippen LogP contribution in [-0.4, -0.2) is 91.5 Å². The number of aliphatic hydroxyl groups is 1. The summed E-state index contributed by atoms with van der Waals surface area (Å²) in [6.07, 6.45) is -3.77. The summed E-state index contributed by atoms with van der Waals surface area (Å²) in [5, 5.41) is 11.5. The standard InChI is InChI=1S/C22H28F3N5O3S.2ClH/c1-32-11-6-15-14-30(8-7-29(15)9-12-33-13-10-31)19-18-20(34-21(28-18)22(23,24)25)27-17-5-3-2-4-16(17)26-19;;/h2-5,15,27,31H,6-14H2,1H3;2*1H. The molecule has 4 rings (SSSR count). The summed E-state index contributed by atoms with van der Waals surface area (Å²) < 4.78 is 51.2. The van der Waals surface area contributed by atoms with Crippen molar-refractivity contribution in [2.45, 2.75) is 18.6 Å². The van der Waals surface area contributed by atoms with Gasteiger partial charge in [-0.05, 0) is 18.6 Å². The number of aromatic nitrogens is 1. The SMILES string of the molecule is COCCC1CN(C2=Nc3ccccc3Nc3sc(C(F)(F)F)nc32)CCN1CCOCCO.Cl.Cl. The number of rotatable bonds is 8. The van der Waals surface area contributed by atoms with Crippen molar-refractivity contribution in [1.29, 1.82) is 0 Å². The molecule has 0 aliphatic carbocycles. The Hall–Kier alpha value is -1.67. The van der Waals surface area contributed by atoms with Crippen LogP contribution < -0.4 is 5.32 Å². The Morgan fingerprint density at radius 1 is 1.17 bits per heavy atom. The second-order valence-electron chi connectivity index (χ2n) is 8.03. The van der Waals surface area contributed by atoms with E-state index < -0.39 is 11.2 Å². The van der Waals surface area contributed by atoms with Crippen molar-refractivity contribution in [2.75, 3.05) is 65.0 Å². The largest absolute Gasteiger partial charge is 0.443 e.